The van der Waals surface area contributed by atoms with Crippen molar-refractivity contribution in [1.82, 2.24) is 9.97 Å². The number of ether oxygens (including phenoxy) is 2. The number of esters is 1. The first-order valence-electron chi connectivity index (χ1n) is 10.5. The third kappa shape index (κ3) is 6.51. The second-order valence-electron chi connectivity index (χ2n) is 7.40. The Morgan fingerprint density at radius 2 is 1.85 bits per heavy atom. The SMILES string of the molecule is CC(C)Oc1cccc(/C=C/C(=O)Oc2cccc(Nc3nc(-c4ccccn4)cs3)c2)c1. The number of nitrogens with zero attached hydrogens (tertiary/aromatic N) is 2. The van der Waals surface area contributed by atoms with Crippen molar-refractivity contribution in [3.63, 3.8) is 0 Å². The number of carbonyl (C=O) groups excluding carboxylic acids is 1. The Balaban J connectivity index is 1.38. The molecule has 0 bridgehead atoms. The van der Waals surface area contributed by atoms with Gasteiger partial charge in [0.15, 0.2) is 5.13 Å². The van der Waals surface area contributed by atoms with Crippen molar-refractivity contribution >= 4 is 34.2 Å². The summed E-state index contributed by atoms with van der Waals surface area (Å²) in [7, 11) is 0. The van der Waals surface area contributed by atoms with Crippen LogP contribution >= 0.6 is 11.3 Å². The molecule has 4 aromatic rings. The van der Waals surface area contributed by atoms with E-state index in [-0.39, 0.29) is 6.10 Å². The molecule has 0 atom stereocenters. The number of hydrogen-bond acceptors (Lipinski definition) is 7. The van der Waals surface area contributed by atoms with Crippen LogP contribution in [0, 0.1) is 0 Å². The highest BCUT2D eigenvalue weighted by Gasteiger charge is 2.07. The first kappa shape index (κ1) is 22.2. The zero-order chi connectivity index (χ0) is 23.0. The van der Waals surface area contributed by atoms with Crippen molar-refractivity contribution < 1.29 is 14.3 Å². The van der Waals surface area contributed by atoms with Gasteiger partial charge >= 0.3 is 5.97 Å². The van der Waals surface area contributed by atoms with E-state index in [9.17, 15) is 4.79 Å². The molecule has 0 spiro atoms. The number of benzene rings is 2. The molecular weight excluding hydrogens is 434 g/mol. The normalized spacial score (nSPS) is 11.0. The first-order valence-corrected chi connectivity index (χ1v) is 11.3. The highest BCUT2D eigenvalue weighted by molar-refractivity contribution is 7.14. The number of nitrogens with one attached hydrogen (secondary N) is 1. The highest BCUT2D eigenvalue weighted by Crippen LogP contribution is 2.27. The minimum Gasteiger partial charge on any atom is -0.491 e. The van der Waals surface area contributed by atoms with Crippen molar-refractivity contribution in [2.24, 2.45) is 0 Å². The molecule has 0 aliphatic heterocycles. The average Bonchev–Trinajstić information content (AvgIpc) is 3.27. The van der Waals surface area contributed by atoms with Crippen molar-refractivity contribution in [3.8, 4) is 22.9 Å². The summed E-state index contributed by atoms with van der Waals surface area (Å²) in [5, 5.41) is 5.91. The van der Waals surface area contributed by atoms with E-state index in [0.717, 1.165) is 33.5 Å². The number of thiazole rings is 1. The van der Waals surface area contributed by atoms with Gasteiger partial charge in [-0.3, -0.25) is 4.98 Å². The van der Waals surface area contributed by atoms with Gasteiger partial charge in [-0.25, -0.2) is 9.78 Å². The van der Waals surface area contributed by atoms with Gasteiger partial charge in [0.2, 0.25) is 0 Å². The molecule has 0 radical (unpaired) electrons. The van der Waals surface area contributed by atoms with E-state index in [4.69, 9.17) is 9.47 Å². The van der Waals surface area contributed by atoms with E-state index < -0.39 is 5.97 Å². The lowest BCUT2D eigenvalue weighted by Gasteiger charge is -2.09. The maximum absolute atomic E-state index is 12.3. The van der Waals surface area contributed by atoms with Gasteiger partial charge in [-0.1, -0.05) is 24.3 Å². The molecule has 0 unspecified atom stereocenters. The molecule has 0 saturated carbocycles. The lowest BCUT2D eigenvalue weighted by atomic mass is 10.2. The summed E-state index contributed by atoms with van der Waals surface area (Å²) in [6, 6.07) is 20.4. The van der Waals surface area contributed by atoms with Crippen molar-refractivity contribution in [3.05, 3.63) is 89.9 Å². The Kier molecular flexibility index (Phi) is 7.12. The highest BCUT2D eigenvalue weighted by atomic mass is 32.1. The first-order chi connectivity index (χ1) is 16.0. The number of hydrogen-bond donors (Lipinski definition) is 1. The second kappa shape index (κ2) is 10.6. The van der Waals surface area contributed by atoms with Crippen LogP contribution < -0.4 is 14.8 Å². The average molecular weight is 458 g/mol. The molecule has 6 nitrogen and oxygen atoms in total. The fraction of sp³-hybridized carbons (Fsp3) is 0.115. The number of carbonyl (C=O) groups is 1. The molecule has 7 heteroatoms. The minimum absolute atomic E-state index is 0.0843. The molecule has 1 N–H and O–H groups in total. The third-order valence-electron chi connectivity index (χ3n) is 4.38. The molecule has 33 heavy (non-hydrogen) atoms. The van der Waals surface area contributed by atoms with E-state index in [1.165, 1.54) is 17.4 Å². The monoisotopic (exact) mass is 457 g/mol. The zero-order valence-electron chi connectivity index (χ0n) is 18.3. The molecule has 0 fully saturated rings. The summed E-state index contributed by atoms with van der Waals surface area (Å²) in [6.07, 6.45) is 4.92. The molecule has 166 valence electrons. The maximum Gasteiger partial charge on any atom is 0.336 e. The van der Waals surface area contributed by atoms with E-state index in [1.54, 1.807) is 24.4 Å². The van der Waals surface area contributed by atoms with Crippen LogP contribution in [-0.2, 0) is 4.79 Å². The van der Waals surface area contributed by atoms with Crippen LogP contribution in [0.25, 0.3) is 17.5 Å². The van der Waals surface area contributed by atoms with Gasteiger partial charge < -0.3 is 14.8 Å². The lowest BCUT2D eigenvalue weighted by Crippen LogP contribution is -2.05. The lowest BCUT2D eigenvalue weighted by molar-refractivity contribution is -0.128. The molecule has 0 saturated heterocycles. The van der Waals surface area contributed by atoms with Crippen molar-refractivity contribution in [2.45, 2.75) is 20.0 Å². The fourth-order valence-corrected chi connectivity index (χ4v) is 3.73. The summed E-state index contributed by atoms with van der Waals surface area (Å²) in [5.41, 5.74) is 3.24. The van der Waals surface area contributed by atoms with Crippen LogP contribution in [0.3, 0.4) is 0 Å². The van der Waals surface area contributed by atoms with Gasteiger partial charge in [0.25, 0.3) is 0 Å². The number of aromatic nitrogens is 2. The standard InChI is InChI=1S/C26H23N3O3S/c1-18(2)31-21-9-5-7-19(15-21)12-13-25(30)32-22-10-6-8-20(16-22)28-26-29-24(17-33-26)23-11-3-4-14-27-23/h3-18H,1-2H3,(H,28,29)/b13-12+. The van der Waals surface area contributed by atoms with Gasteiger partial charge in [-0.15, -0.1) is 11.3 Å². The van der Waals surface area contributed by atoms with Gasteiger partial charge in [0.1, 0.15) is 17.2 Å². The maximum atomic E-state index is 12.3. The van der Waals surface area contributed by atoms with E-state index in [1.807, 2.05) is 73.8 Å². The smallest absolute Gasteiger partial charge is 0.336 e. The summed E-state index contributed by atoms with van der Waals surface area (Å²) in [4.78, 5) is 21.2. The van der Waals surface area contributed by atoms with Crippen LogP contribution in [0.4, 0.5) is 10.8 Å². The largest absolute Gasteiger partial charge is 0.491 e. The third-order valence-corrected chi connectivity index (χ3v) is 5.13. The molecular formula is C26H23N3O3S. The van der Waals surface area contributed by atoms with Crippen LogP contribution in [0.5, 0.6) is 11.5 Å². The van der Waals surface area contributed by atoms with Crippen LogP contribution in [0.15, 0.2) is 84.4 Å². The Bertz CT molecular complexity index is 1250. The Morgan fingerprint density at radius 3 is 2.67 bits per heavy atom. The molecule has 2 aromatic heterocycles. The summed E-state index contributed by atoms with van der Waals surface area (Å²) >= 11 is 1.48. The fourth-order valence-electron chi connectivity index (χ4n) is 3.00. The van der Waals surface area contributed by atoms with Crippen LogP contribution in [-0.4, -0.2) is 22.0 Å². The van der Waals surface area contributed by atoms with Gasteiger partial charge in [-0.05, 0) is 61.9 Å². The topological polar surface area (TPSA) is 73.3 Å². The van der Waals surface area contributed by atoms with Gasteiger partial charge in [0.05, 0.1) is 11.8 Å². The Morgan fingerprint density at radius 1 is 1.00 bits per heavy atom. The number of anilines is 2. The van der Waals surface area contributed by atoms with Crippen molar-refractivity contribution in [1.29, 1.82) is 0 Å². The number of pyridine rings is 1. The zero-order valence-corrected chi connectivity index (χ0v) is 19.1. The van der Waals surface area contributed by atoms with Crippen molar-refractivity contribution in [2.75, 3.05) is 5.32 Å². The second-order valence-corrected chi connectivity index (χ2v) is 8.26. The summed E-state index contributed by atoms with van der Waals surface area (Å²) in [6.45, 7) is 3.94. The quantitative estimate of drug-likeness (QED) is 0.189. The van der Waals surface area contributed by atoms with E-state index >= 15 is 0 Å². The molecule has 0 aliphatic rings. The Hall–Kier alpha value is -3.97. The molecule has 0 amide bonds. The van der Waals surface area contributed by atoms with Crippen LogP contribution in [0.2, 0.25) is 0 Å². The van der Waals surface area contributed by atoms with Gasteiger partial charge in [0, 0.05) is 29.4 Å². The summed E-state index contributed by atoms with van der Waals surface area (Å²) in [5.74, 6) is 0.731. The Labute approximate surface area is 196 Å². The molecule has 2 aromatic carbocycles. The molecule has 0 aliphatic carbocycles. The minimum atomic E-state index is -0.464. The predicted octanol–water partition coefficient (Wildman–Crippen LogP) is 6.35. The predicted molar refractivity (Wildman–Crippen MR) is 132 cm³/mol. The van der Waals surface area contributed by atoms with Gasteiger partial charge in [-0.2, -0.15) is 0 Å². The van der Waals surface area contributed by atoms with E-state index in [2.05, 4.69) is 15.3 Å². The van der Waals surface area contributed by atoms with E-state index in [0.29, 0.717) is 5.75 Å². The number of rotatable bonds is 8. The molecule has 2 heterocycles. The van der Waals surface area contributed by atoms with Crippen LogP contribution in [0.1, 0.15) is 19.4 Å². The summed E-state index contributed by atoms with van der Waals surface area (Å²) < 4.78 is 11.1. The molecule has 4 rings (SSSR count).